The van der Waals surface area contributed by atoms with E-state index in [1.165, 1.54) is 29.6 Å². The summed E-state index contributed by atoms with van der Waals surface area (Å²) < 4.78 is 23.2. The highest BCUT2D eigenvalue weighted by atomic mass is 79.9. The van der Waals surface area contributed by atoms with E-state index in [1.807, 2.05) is 6.08 Å². The third kappa shape index (κ3) is 4.16. The van der Waals surface area contributed by atoms with E-state index in [2.05, 4.69) is 35.9 Å². The molecule has 0 unspecified atom stereocenters. The summed E-state index contributed by atoms with van der Waals surface area (Å²) >= 11 is 3.63. The van der Waals surface area contributed by atoms with Crippen LogP contribution in [-0.2, 0) is 0 Å². The second-order valence-corrected chi connectivity index (χ2v) is 8.65. The van der Waals surface area contributed by atoms with Crippen LogP contribution in [0.1, 0.15) is 17.8 Å². The number of aryl methyl sites for hydroxylation is 1. The summed E-state index contributed by atoms with van der Waals surface area (Å²) in [6.07, 6.45) is 4.21. The molecule has 4 heterocycles. The fourth-order valence-electron chi connectivity index (χ4n) is 3.98. The van der Waals surface area contributed by atoms with E-state index >= 15 is 4.39 Å². The van der Waals surface area contributed by atoms with Gasteiger partial charge in [0, 0.05) is 36.7 Å². The van der Waals surface area contributed by atoms with Gasteiger partial charge in [-0.15, -0.1) is 0 Å². The van der Waals surface area contributed by atoms with Gasteiger partial charge in [-0.2, -0.15) is 0 Å². The number of aromatic nitrogens is 5. The second-order valence-electron chi connectivity index (χ2n) is 7.86. The Kier molecular flexibility index (Phi) is 5.81. The van der Waals surface area contributed by atoms with E-state index in [1.54, 1.807) is 23.6 Å². The van der Waals surface area contributed by atoms with E-state index in [9.17, 15) is 9.90 Å². The predicted molar refractivity (Wildman–Crippen MR) is 130 cm³/mol. The number of fused-ring (bicyclic) bond motifs is 1. The van der Waals surface area contributed by atoms with Crippen LogP contribution >= 0.6 is 15.9 Å². The number of rotatable bonds is 4. The number of carboxylic acid groups (broad SMARTS) is 1. The average Bonchev–Trinajstić information content (AvgIpc) is 3.14. The molecular weight excluding hydrogens is 521 g/mol. The molecule has 0 atom stereocenters. The minimum atomic E-state index is -0.981. The van der Waals surface area contributed by atoms with Crippen molar-refractivity contribution in [1.82, 2.24) is 29.4 Å². The number of hydrogen-bond donors (Lipinski definition) is 2. The Balaban J connectivity index is 1.63. The molecule has 5 rings (SSSR count). The summed E-state index contributed by atoms with van der Waals surface area (Å²) in [5.41, 5.74) is 10.0. The number of nitrogens with two attached hydrogens (primary N) is 1. The van der Waals surface area contributed by atoms with Gasteiger partial charge in [0.2, 0.25) is 0 Å². The fraction of sp³-hybridized carbons (Fsp3) is 0.174. The van der Waals surface area contributed by atoms with Crippen molar-refractivity contribution in [3.63, 3.8) is 0 Å². The molecule has 0 bridgehead atoms. The highest BCUT2D eigenvalue weighted by molar-refractivity contribution is 9.10. The molecule has 3 N–H and O–H groups in total. The summed E-state index contributed by atoms with van der Waals surface area (Å²) in [6.45, 7) is 2.35. The zero-order chi connectivity index (χ0) is 24.7. The van der Waals surface area contributed by atoms with Gasteiger partial charge in [-0.05, 0) is 53.0 Å². The van der Waals surface area contributed by atoms with E-state index < -0.39 is 11.9 Å². The molecular formula is C23H19BrFN7O3. The summed E-state index contributed by atoms with van der Waals surface area (Å²) in [6, 6.07) is 6.24. The number of amides is 1. The van der Waals surface area contributed by atoms with E-state index in [4.69, 9.17) is 10.5 Å². The van der Waals surface area contributed by atoms with Gasteiger partial charge in [0.25, 0.3) is 0 Å². The van der Waals surface area contributed by atoms with Gasteiger partial charge in [0.15, 0.2) is 17.4 Å². The van der Waals surface area contributed by atoms with Crippen molar-refractivity contribution in [3.05, 3.63) is 64.5 Å². The minimum absolute atomic E-state index is 0.0327. The largest absolute Gasteiger partial charge is 0.465 e. The first-order valence-corrected chi connectivity index (χ1v) is 11.4. The third-order valence-corrected chi connectivity index (χ3v) is 6.40. The first kappa shape index (κ1) is 22.7. The molecule has 0 saturated carbocycles. The number of nitrogens with zero attached hydrogens (tertiary/aromatic N) is 6. The Morgan fingerprint density at radius 1 is 1.26 bits per heavy atom. The third-order valence-electron chi connectivity index (χ3n) is 5.65. The van der Waals surface area contributed by atoms with Gasteiger partial charge in [-0.1, -0.05) is 6.08 Å². The first-order valence-electron chi connectivity index (χ1n) is 10.6. The van der Waals surface area contributed by atoms with Crippen molar-refractivity contribution in [2.24, 2.45) is 0 Å². The maximum absolute atomic E-state index is 15.2. The number of halogens is 2. The normalized spacial score (nSPS) is 13.7. The molecule has 178 valence electrons. The smallest absolute Gasteiger partial charge is 0.407 e. The number of ether oxygens (including phenoxy) is 1. The Hall–Kier alpha value is -4.06. The van der Waals surface area contributed by atoms with Crippen LogP contribution in [0.3, 0.4) is 0 Å². The highest BCUT2D eigenvalue weighted by Gasteiger charge is 2.26. The second kappa shape index (κ2) is 8.95. The maximum atomic E-state index is 15.2. The minimum Gasteiger partial charge on any atom is -0.465 e. The summed E-state index contributed by atoms with van der Waals surface area (Å²) in [5.74, 6) is -0.435. The topological polar surface area (TPSA) is 132 Å². The Morgan fingerprint density at radius 3 is 2.77 bits per heavy atom. The molecule has 0 saturated heterocycles. The quantitative estimate of drug-likeness (QED) is 0.385. The highest BCUT2D eigenvalue weighted by Crippen LogP contribution is 2.40. The monoisotopic (exact) mass is 539 g/mol. The van der Waals surface area contributed by atoms with Crippen LogP contribution in [0.2, 0.25) is 0 Å². The molecule has 4 aromatic rings. The average molecular weight is 540 g/mol. The lowest BCUT2D eigenvalue weighted by Crippen LogP contribution is -2.33. The zero-order valence-corrected chi connectivity index (χ0v) is 20.0. The van der Waals surface area contributed by atoms with Gasteiger partial charge in [0.05, 0.1) is 10.2 Å². The van der Waals surface area contributed by atoms with Crippen molar-refractivity contribution in [2.45, 2.75) is 13.3 Å². The lowest BCUT2D eigenvalue weighted by molar-refractivity contribution is 0.150. The van der Waals surface area contributed by atoms with Crippen molar-refractivity contribution < 1.29 is 19.0 Å². The molecule has 0 aliphatic carbocycles. The Morgan fingerprint density at radius 2 is 2.09 bits per heavy atom. The number of nitrogen functional groups attached to an aromatic ring is 1. The number of hydrogen-bond acceptors (Lipinski definition) is 7. The van der Waals surface area contributed by atoms with Crippen molar-refractivity contribution >= 4 is 44.4 Å². The van der Waals surface area contributed by atoms with Crippen molar-refractivity contribution in [1.29, 1.82) is 0 Å². The van der Waals surface area contributed by atoms with Crippen LogP contribution in [0.5, 0.6) is 11.8 Å². The predicted octanol–water partition coefficient (Wildman–Crippen LogP) is 4.56. The van der Waals surface area contributed by atoms with E-state index in [-0.39, 0.29) is 24.1 Å². The molecule has 1 aliphatic heterocycles. The van der Waals surface area contributed by atoms with Gasteiger partial charge in [-0.25, -0.2) is 29.1 Å². The van der Waals surface area contributed by atoms with Crippen LogP contribution in [0, 0.1) is 12.7 Å². The van der Waals surface area contributed by atoms with Crippen LogP contribution in [0.25, 0.3) is 22.3 Å². The molecule has 0 radical (unpaired) electrons. The van der Waals surface area contributed by atoms with Crippen LogP contribution in [0.15, 0.2) is 47.3 Å². The molecule has 35 heavy (non-hydrogen) atoms. The van der Waals surface area contributed by atoms with Gasteiger partial charge >= 0.3 is 12.1 Å². The Bertz CT molecular complexity index is 1500. The number of carbonyl (C=O) groups is 1. The molecule has 0 spiro atoms. The van der Waals surface area contributed by atoms with Crippen LogP contribution < -0.4 is 10.5 Å². The summed E-state index contributed by atoms with van der Waals surface area (Å²) in [7, 11) is 0. The molecule has 1 amide bonds. The Labute approximate surface area is 207 Å². The van der Waals surface area contributed by atoms with Gasteiger partial charge in [0.1, 0.15) is 17.4 Å². The molecule has 0 fully saturated rings. The molecule has 3 aromatic heterocycles. The summed E-state index contributed by atoms with van der Waals surface area (Å²) in [4.78, 5) is 29.3. The number of anilines is 1. The fourth-order valence-corrected chi connectivity index (χ4v) is 4.70. The van der Waals surface area contributed by atoms with Crippen molar-refractivity contribution in [3.8, 4) is 17.4 Å². The SMILES string of the molecule is Cc1ccnc(Oc2ccc(-n3c(C4=CCN(C(=O)O)CC4)c(Br)c4ncnc(N)c43)cc2F)n1. The lowest BCUT2D eigenvalue weighted by atomic mass is 10.0. The van der Waals surface area contributed by atoms with Crippen molar-refractivity contribution in [2.75, 3.05) is 18.8 Å². The number of benzene rings is 1. The first-order chi connectivity index (χ1) is 16.8. The standard InChI is InChI=1S/C23H19BrFN7O3/c1-12-4-7-27-22(30-12)35-16-3-2-14(10-15(16)25)32-19(13-5-8-31(9-6-13)23(33)34)17(24)18-20(32)21(26)29-11-28-18/h2-5,7,10-11H,6,8-9H2,1H3,(H,33,34)(H2,26,28,29). The summed E-state index contributed by atoms with van der Waals surface area (Å²) in [5, 5.41) is 9.30. The molecule has 1 aromatic carbocycles. The molecule has 12 heteroatoms. The van der Waals surface area contributed by atoms with E-state index in [0.29, 0.717) is 45.5 Å². The van der Waals surface area contributed by atoms with Crippen LogP contribution in [0.4, 0.5) is 15.0 Å². The molecule has 1 aliphatic rings. The molecule has 10 nitrogen and oxygen atoms in total. The van der Waals surface area contributed by atoms with Gasteiger partial charge in [-0.3, -0.25) is 0 Å². The van der Waals surface area contributed by atoms with Gasteiger partial charge < -0.3 is 25.0 Å². The maximum Gasteiger partial charge on any atom is 0.407 e. The zero-order valence-electron chi connectivity index (χ0n) is 18.4. The van der Waals surface area contributed by atoms with Crippen LogP contribution in [-0.4, -0.2) is 53.7 Å². The lowest BCUT2D eigenvalue weighted by Gasteiger charge is -2.25. The van der Waals surface area contributed by atoms with E-state index in [0.717, 1.165) is 5.57 Å².